The number of benzene rings is 2. The summed E-state index contributed by atoms with van der Waals surface area (Å²) in [5, 5.41) is 2.73. The number of para-hydroxylation sites is 1. The van der Waals surface area contributed by atoms with Crippen LogP contribution in [-0.4, -0.2) is 4.57 Å². The van der Waals surface area contributed by atoms with Crippen molar-refractivity contribution in [3.8, 4) is 0 Å². The molecular weight excluding hydrogens is 230 g/mol. The van der Waals surface area contributed by atoms with Crippen molar-refractivity contribution in [2.24, 2.45) is 0 Å². The molecule has 0 saturated heterocycles. The Labute approximate surface area is 113 Å². The average Bonchev–Trinajstić information content (AvgIpc) is 2.83. The van der Waals surface area contributed by atoms with Gasteiger partial charge in [0.1, 0.15) is 0 Å². The second kappa shape index (κ2) is 4.41. The van der Waals surface area contributed by atoms with Crippen molar-refractivity contribution in [1.29, 1.82) is 0 Å². The van der Waals surface area contributed by atoms with Crippen LogP contribution in [0.5, 0.6) is 0 Å². The molecule has 0 bridgehead atoms. The summed E-state index contributed by atoms with van der Waals surface area (Å²) in [5.41, 5.74) is 2.77. The molecule has 1 nitrogen and oxygen atoms in total. The summed E-state index contributed by atoms with van der Waals surface area (Å²) in [7, 11) is 0. The van der Waals surface area contributed by atoms with Crippen molar-refractivity contribution in [2.75, 3.05) is 0 Å². The highest BCUT2D eigenvalue weighted by Gasteiger charge is 2.19. The maximum Gasteiger partial charge on any atom is 0.0494 e. The number of fused-ring (bicyclic) bond motifs is 3. The minimum Gasteiger partial charge on any atom is -0.337 e. The van der Waals surface area contributed by atoms with E-state index in [-0.39, 0.29) is 0 Å². The van der Waals surface area contributed by atoms with Gasteiger partial charge in [-0.3, -0.25) is 0 Å². The molecule has 4 rings (SSSR count). The Kier molecular flexibility index (Phi) is 2.58. The first kappa shape index (κ1) is 11.1. The monoisotopic (exact) mass is 248 g/mol. The highest BCUT2D eigenvalue weighted by atomic mass is 15.0. The van der Waals surface area contributed by atoms with Gasteiger partial charge in [-0.25, -0.2) is 0 Å². The molecule has 0 amide bonds. The van der Waals surface area contributed by atoms with Crippen LogP contribution in [0.15, 0.2) is 42.5 Å². The van der Waals surface area contributed by atoms with E-state index >= 15 is 0 Å². The van der Waals surface area contributed by atoms with Crippen LogP contribution in [0.25, 0.3) is 21.8 Å². The highest BCUT2D eigenvalue weighted by Crippen LogP contribution is 2.37. The smallest absolute Gasteiger partial charge is 0.0494 e. The molecule has 1 fully saturated rings. The maximum absolute atomic E-state index is 3.23. The van der Waals surface area contributed by atoms with Crippen LogP contribution in [-0.2, 0) is 0 Å². The van der Waals surface area contributed by atoms with Crippen molar-refractivity contribution in [2.45, 2.75) is 38.1 Å². The molecule has 19 heavy (non-hydrogen) atoms. The number of aromatic nitrogens is 1. The fourth-order valence-electron chi connectivity index (χ4n) is 3.62. The lowest BCUT2D eigenvalue weighted by Crippen LogP contribution is -2.12. The van der Waals surface area contributed by atoms with E-state index in [1.54, 1.807) is 0 Å². The van der Waals surface area contributed by atoms with Crippen LogP contribution in [0.2, 0.25) is 0 Å². The molecule has 1 heteroatoms. The quantitative estimate of drug-likeness (QED) is 0.564. The van der Waals surface area contributed by atoms with Gasteiger partial charge in [-0.1, -0.05) is 43.5 Å². The first-order chi connectivity index (χ1) is 9.45. The van der Waals surface area contributed by atoms with Gasteiger partial charge < -0.3 is 4.57 Å². The number of nitrogens with zero attached hydrogens (tertiary/aromatic N) is 1. The Morgan fingerprint density at radius 2 is 1.68 bits per heavy atom. The summed E-state index contributed by atoms with van der Waals surface area (Å²) in [6.45, 7) is 0. The van der Waals surface area contributed by atoms with Crippen LogP contribution in [0.3, 0.4) is 0 Å². The fraction of sp³-hybridized carbons (Fsp3) is 0.333. The molecule has 1 radical (unpaired) electrons. The van der Waals surface area contributed by atoms with Crippen molar-refractivity contribution in [1.82, 2.24) is 4.57 Å². The Morgan fingerprint density at radius 1 is 0.895 bits per heavy atom. The zero-order valence-corrected chi connectivity index (χ0v) is 11.1. The van der Waals surface area contributed by atoms with Crippen LogP contribution in [0, 0.1) is 6.07 Å². The number of rotatable bonds is 1. The molecule has 3 aromatic rings. The second-order valence-electron chi connectivity index (χ2n) is 5.62. The molecule has 1 heterocycles. The third-order valence-corrected chi connectivity index (χ3v) is 4.49. The van der Waals surface area contributed by atoms with E-state index in [1.807, 2.05) is 6.07 Å². The highest BCUT2D eigenvalue weighted by molar-refractivity contribution is 6.08. The van der Waals surface area contributed by atoms with E-state index in [1.165, 1.54) is 53.9 Å². The van der Waals surface area contributed by atoms with Crippen LogP contribution in [0.4, 0.5) is 0 Å². The lowest BCUT2D eigenvalue weighted by Gasteiger charge is -2.25. The Balaban J connectivity index is 2.04. The largest absolute Gasteiger partial charge is 0.337 e. The van der Waals surface area contributed by atoms with Crippen LogP contribution < -0.4 is 0 Å². The van der Waals surface area contributed by atoms with E-state index in [2.05, 4.69) is 47.0 Å². The molecule has 2 aromatic carbocycles. The van der Waals surface area contributed by atoms with Crippen molar-refractivity contribution in [3.63, 3.8) is 0 Å². The molecule has 0 atom stereocenters. The van der Waals surface area contributed by atoms with Crippen molar-refractivity contribution >= 4 is 21.8 Å². The molecule has 0 unspecified atom stereocenters. The van der Waals surface area contributed by atoms with Crippen LogP contribution >= 0.6 is 0 Å². The molecule has 0 N–H and O–H groups in total. The molecule has 1 aliphatic carbocycles. The van der Waals surface area contributed by atoms with E-state index < -0.39 is 0 Å². The van der Waals surface area contributed by atoms with Gasteiger partial charge in [0.05, 0.1) is 0 Å². The maximum atomic E-state index is 3.23. The predicted molar refractivity (Wildman–Crippen MR) is 80.4 cm³/mol. The summed E-state index contributed by atoms with van der Waals surface area (Å²) in [6.07, 6.45) is 6.80. The van der Waals surface area contributed by atoms with Gasteiger partial charge in [-0.15, -0.1) is 0 Å². The molecule has 1 aliphatic rings. The Bertz CT molecular complexity index is 663. The average molecular weight is 248 g/mol. The van der Waals surface area contributed by atoms with E-state index in [4.69, 9.17) is 0 Å². The summed E-state index contributed by atoms with van der Waals surface area (Å²) >= 11 is 0. The minimum atomic E-state index is 0.679. The van der Waals surface area contributed by atoms with Crippen molar-refractivity contribution in [3.05, 3.63) is 48.5 Å². The first-order valence-electron chi connectivity index (χ1n) is 7.34. The summed E-state index contributed by atoms with van der Waals surface area (Å²) in [6, 6.07) is 19.1. The van der Waals surface area contributed by atoms with Gasteiger partial charge in [0.15, 0.2) is 0 Å². The molecule has 1 aromatic heterocycles. The lowest BCUT2D eigenvalue weighted by molar-refractivity contribution is 0.367. The number of hydrogen-bond donors (Lipinski definition) is 0. The Hall–Kier alpha value is -1.76. The fourth-order valence-corrected chi connectivity index (χ4v) is 3.62. The van der Waals surface area contributed by atoms with Gasteiger partial charge in [0.2, 0.25) is 0 Å². The van der Waals surface area contributed by atoms with Gasteiger partial charge in [0.25, 0.3) is 0 Å². The second-order valence-corrected chi connectivity index (χ2v) is 5.62. The summed E-state index contributed by atoms with van der Waals surface area (Å²) in [5.74, 6) is 0. The SMILES string of the molecule is [c]1ccc2c(c1)c1ccccc1n2C1CCCCC1. The van der Waals surface area contributed by atoms with Gasteiger partial charge in [-0.05, 0) is 37.1 Å². The summed E-state index contributed by atoms with van der Waals surface area (Å²) < 4.78 is 2.58. The molecule has 0 spiro atoms. The Morgan fingerprint density at radius 3 is 2.58 bits per heavy atom. The molecule has 0 aliphatic heterocycles. The van der Waals surface area contributed by atoms with Gasteiger partial charge >= 0.3 is 0 Å². The molecular formula is C18H18N. The molecule has 1 saturated carbocycles. The third-order valence-electron chi connectivity index (χ3n) is 4.49. The zero-order valence-electron chi connectivity index (χ0n) is 11.1. The van der Waals surface area contributed by atoms with Gasteiger partial charge in [-0.2, -0.15) is 0 Å². The topological polar surface area (TPSA) is 4.93 Å². The predicted octanol–water partition coefficient (Wildman–Crippen LogP) is 5.10. The van der Waals surface area contributed by atoms with Gasteiger partial charge in [0, 0.05) is 27.8 Å². The van der Waals surface area contributed by atoms with E-state index in [9.17, 15) is 0 Å². The van der Waals surface area contributed by atoms with Crippen molar-refractivity contribution < 1.29 is 0 Å². The molecule has 95 valence electrons. The third kappa shape index (κ3) is 1.68. The minimum absolute atomic E-state index is 0.679. The number of hydrogen-bond acceptors (Lipinski definition) is 0. The van der Waals surface area contributed by atoms with E-state index in [0.29, 0.717) is 6.04 Å². The lowest BCUT2D eigenvalue weighted by atomic mass is 9.95. The zero-order chi connectivity index (χ0) is 12.7. The van der Waals surface area contributed by atoms with Crippen LogP contribution in [0.1, 0.15) is 38.1 Å². The van der Waals surface area contributed by atoms with E-state index in [0.717, 1.165) is 0 Å². The summed E-state index contributed by atoms with van der Waals surface area (Å²) in [4.78, 5) is 0. The standard InChI is InChI=1S/C18H18N/c1-2-8-14(9-3-1)19-17-12-6-4-10-15(17)16-11-5-7-13-18(16)19/h4,6-7,10-14H,1-3,8-9H2. The first-order valence-corrected chi connectivity index (χ1v) is 7.34. The normalized spacial score (nSPS) is 17.3.